The number of rotatable bonds is 3. The Balaban J connectivity index is 2.24. The maximum atomic E-state index is 5.49. The predicted octanol–water partition coefficient (Wildman–Crippen LogP) is 3.88. The summed E-state index contributed by atoms with van der Waals surface area (Å²) in [7, 11) is 0. The van der Waals surface area contributed by atoms with E-state index in [0.29, 0.717) is 5.41 Å². The molecule has 1 saturated carbocycles. The van der Waals surface area contributed by atoms with Gasteiger partial charge in [-0.1, -0.05) is 20.8 Å². The minimum absolute atomic E-state index is 0.510. The van der Waals surface area contributed by atoms with E-state index < -0.39 is 0 Å². The Morgan fingerprint density at radius 3 is 2.07 bits per heavy atom. The van der Waals surface area contributed by atoms with E-state index in [-0.39, 0.29) is 0 Å². The highest BCUT2D eigenvalue weighted by atomic mass is 16.5. The maximum Gasteiger partial charge on any atom is 0.0494 e. The van der Waals surface area contributed by atoms with E-state index in [0.717, 1.165) is 25.0 Å². The molecule has 14 heavy (non-hydrogen) atoms. The van der Waals surface area contributed by atoms with Gasteiger partial charge < -0.3 is 4.74 Å². The second kappa shape index (κ2) is 5.16. The van der Waals surface area contributed by atoms with Gasteiger partial charge in [0.25, 0.3) is 0 Å². The molecule has 0 aromatic carbocycles. The summed E-state index contributed by atoms with van der Waals surface area (Å²) in [6.45, 7) is 11.1. The van der Waals surface area contributed by atoms with Crippen LogP contribution in [-0.4, -0.2) is 13.2 Å². The van der Waals surface area contributed by atoms with Gasteiger partial charge in [0.05, 0.1) is 0 Å². The SMILES string of the molecule is CCOCC1CCC(C(C)(C)C)CC1. The van der Waals surface area contributed by atoms with Crippen molar-refractivity contribution in [2.75, 3.05) is 13.2 Å². The zero-order valence-electron chi connectivity index (χ0n) is 10.3. The molecule has 0 aliphatic heterocycles. The van der Waals surface area contributed by atoms with Crippen LogP contribution in [0, 0.1) is 17.3 Å². The van der Waals surface area contributed by atoms with Crippen LogP contribution in [0.15, 0.2) is 0 Å². The lowest BCUT2D eigenvalue weighted by molar-refractivity contribution is 0.0684. The minimum atomic E-state index is 0.510. The Hall–Kier alpha value is -0.0400. The molecule has 0 aromatic heterocycles. The summed E-state index contributed by atoms with van der Waals surface area (Å²) in [6.07, 6.45) is 5.56. The zero-order valence-corrected chi connectivity index (χ0v) is 10.3. The predicted molar refractivity (Wildman–Crippen MR) is 61.4 cm³/mol. The first-order chi connectivity index (χ1) is 6.54. The molecule has 0 atom stereocenters. The summed E-state index contributed by atoms with van der Waals surface area (Å²) in [4.78, 5) is 0. The van der Waals surface area contributed by atoms with Crippen LogP contribution < -0.4 is 0 Å². The van der Waals surface area contributed by atoms with Gasteiger partial charge in [0.15, 0.2) is 0 Å². The molecule has 1 nitrogen and oxygen atoms in total. The van der Waals surface area contributed by atoms with Crippen molar-refractivity contribution in [3.63, 3.8) is 0 Å². The first-order valence-electron chi connectivity index (χ1n) is 6.11. The van der Waals surface area contributed by atoms with Crippen LogP contribution in [0.3, 0.4) is 0 Å². The van der Waals surface area contributed by atoms with Crippen molar-refractivity contribution in [1.82, 2.24) is 0 Å². The minimum Gasteiger partial charge on any atom is -0.381 e. The van der Waals surface area contributed by atoms with Gasteiger partial charge in [0, 0.05) is 13.2 Å². The van der Waals surface area contributed by atoms with E-state index >= 15 is 0 Å². The molecule has 1 aliphatic carbocycles. The summed E-state index contributed by atoms with van der Waals surface area (Å²) < 4.78 is 5.49. The molecule has 0 N–H and O–H groups in total. The van der Waals surface area contributed by atoms with E-state index in [1.54, 1.807) is 0 Å². The quantitative estimate of drug-likeness (QED) is 0.669. The van der Waals surface area contributed by atoms with Gasteiger partial charge in [-0.2, -0.15) is 0 Å². The summed E-state index contributed by atoms with van der Waals surface area (Å²) in [5, 5.41) is 0. The van der Waals surface area contributed by atoms with Crippen LogP contribution in [0.25, 0.3) is 0 Å². The number of hydrogen-bond donors (Lipinski definition) is 0. The highest BCUT2D eigenvalue weighted by Crippen LogP contribution is 2.39. The lowest BCUT2D eigenvalue weighted by atomic mass is 9.70. The molecule has 0 heterocycles. The molecule has 1 aliphatic rings. The van der Waals surface area contributed by atoms with Gasteiger partial charge in [0.2, 0.25) is 0 Å². The highest BCUT2D eigenvalue weighted by molar-refractivity contribution is 4.80. The van der Waals surface area contributed by atoms with Crippen LogP contribution in [0.1, 0.15) is 53.4 Å². The first-order valence-corrected chi connectivity index (χ1v) is 6.11. The van der Waals surface area contributed by atoms with Gasteiger partial charge in [-0.15, -0.1) is 0 Å². The van der Waals surface area contributed by atoms with Gasteiger partial charge in [0.1, 0.15) is 0 Å². The first kappa shape index (κ1) is 12.0. The summed E-state index contributed by atoms with van der Waals surface area (Å²) in [6, 6.07) is 0. The van der Waals surface area contributed by atoms with Crippen molar-refractivity contribution in [2.45, 2.75) is 53.4 Å². The van der Waals surface area contributed by atoms with E-state index in [1.165, 1.54) is 25.7 Å². The van der Waals surface area contributed by atoms with Crippen molar-refractivity contribution in [3.8, 4) is 0 Å². The largest absolute Gasteiger partial charge is 0.381 e. The van der Waals surface area contributed by atoms with Gasteiger partial charge >= 0.3 is 0 Å². The third kappa shape index (κ3) is 3.61. The lowest BCUT2D eigenvalue weighted by Crippen LogP contribution is -2.27. The molecular formula is C13H26O. The van der Waals surface area contributed by atoms with Crippen LogP contribution in [0.5, 0.6) is 0 Å². The van der Waals surface area contributed by atoms with Crippen molar-refractivity contribution in [2.24, 2.45) is 17.3 Å². The van der Waals surface area contributed by atoms with Gasteiger partial charge in [-0.25, -0.2) is 0 Å². The Labute approximate surface area is 89.2 Å². The Morgan fingerprint density at radius 2 is 1.64 bits per heavy atom. The van der Waals surface area contributed by atoms with Crippen molar-refractivity contribution < 1.29 is 4.74 Å². The molecule has 0 saturated heterocycles. The molecule has 0 bridgehead atoms. The third-order valence-electron chi connectivity index (χ3n) is 3.63. The highest BCUT2D eigenvalue weighted by Gasteiger charge is 2.29. The monoisotopic (exact) mass is 198 g/mol. The van der Waals surface area contributed by atoms with E-state index in [1.807, 2.05) is 0 Å². The average Bonchev–Trinajstić information content (AvgIpc) is 2.14. The second-order valence-electron chi connectivity index (χ2n) is 5.74. The average molecular weight is 198 g/mol. The standard InChI is InChI=1S/C13H26O/c1-5-14-10-11-6-8-12(9-7-11)13(2,3)4/h11-12H,5-10H2,1-4H3. The fraction of sp³-hybridized carbons (Fsp3) is 1.00. The number of hydrogen-bond acceptors (Lipinski definition) is 1. The third-order valence-corrected chi connectivity index (χ3v) is 3.63. The Morgan fingerprint density at radius 1 is 1.07 bits per heavy atom. The van der Waals surface area contributed by atoms with Crippen LogP contribution in [-0.2, 0) is 4.74 Å². The van der Waals surface area contributed by atoms with Gasteiger partial charge in [-0.3, -0.25) is 0 Å². The van der Waals surface area contributed by atoms with Crippen molar-refractivity contribution in [3.05, 3.63) is 0 Å². The van der Waals surface area contributed by atoms with E-state index in [9.17, 15) is 0 Å². The molecule has 0 radical (unpaired) electrons. The molecule has 0 aromatic rings. The fourth-order valence-electron chi connectivity index (χ4n) is 2.48. The summed E-state index contributed by atoms with van der Waals surface area (Å²) >= 11 is 0. The molecule has 1 rings (SSSR count). The Bertz CT molecular complexity index is 149. The molecule has 1 fully saturated rings. The summed E-state index contributed by atoms with van der Waals surface area (Å²) in [5.41, 5.74) is 0.510. The molecule has 1 heteroatoms. The number of ether oxygens (including phenoxy) is 1. The van der Waals surface area contributed by atoms with Crippen LogP contribution in [0.2, 0.25) is 0 Å². The second-order valence-corrected chi connectivity index (χ2v) is 5.74. The lowest BCUT2D eigenvalue weighted by Gasteiger charge is -2.36. The summed E-state index contributed by atoms with van der Waals surface area (Å²) in [5.74, 6) is 1.77. The molecule has 0 unspecified atom stereocenters. The van der Waals surface area contributed by atoms with Crippen molar-refractivity contribution in [1.29, 1.82) is 0 Å². The normalized spacial score (nSPS) is 29.1. The molecule has 84 valence electrons. The fourth-order valence-corrected chi connectivity index (χ4v) is 2.48. The van der Waals surface area contributed by atoms with Crippen LogP contribution in [0.4, 0.5) is 0 Å². The molecule has 0 amide bonds. The van der Waals surface area contributed by atoms with Crippen LogP contribution >= 0.6 is 0 Å². The zero-order chi connectivity index (χ0) is 10.6. The molecule has 0 spiro atoms. The van der Waals surface area contributed by atoms with E-state index in [4.69, 9.17) is 4.74 Å². The molecular weight excluding hydrogens is 172 g/mol. The topological polar surface area (TPSA) is 9.23 Å². The van der Waals surface area contributed by atoms with E-state index in [2.05, 4.69) is 27.7 Å². The Kier molecular flexibility index (Phi) is 4.43. The van der Waals surface area contributed by atoms with Crippen molar-refractivity contribution >= 4 is 0 Å². The maximum absolute atomic E-state index is 5.49. The van der Waals surface area contributed by atoms with Gasteiger partial charge in [-0.05, 0) is 49.9 Å². The smallest absolute Gasteiger partial charge is 0.0494 e.